The minimum atomic E-state index is -0.553. The van der Waals surface area contributed by atoms with E-state index >= 15 is 0 Å². The first-order chi connectivity index (χ1) is 8.18. The first-order valence-electron chi connectivity index (χ1n) is 6.06. The van der Waals surface area contributed by atoms with Gasteiger partial charge in [0.05, 0.1) is 0 Å². The highest BCUT2D eigenvalue weighted by molar-refractivity contribution is 5.33. The lowest BCUT2D eigenvalue weighted by Crippen LogP contribution is -2.35. The third-order valence-electron chi connectivity index (χ3n) is 3.44. The van der Waals surface area contributed by atoms with E-state index in [4.69, 9.17) is 0 Å². The lowest BCUT2D eigenvalue weighted by Gasteiger charge is -2.19. The molecular weight excluding hydrogens is 219 g/mol. The van der Waals surface area contributed by atoms with Gasteiger partial charge in [0.25, 0.3) is 0 Å². The number of hydrogen-bond acceptors (Lipinski definition) is 3. The molecule has 1 fully saturated rings. The van der Waals surface area contributed by atoms with E-state index in [1.54, 1.807) is 12.1 Å². The lowest BCUT2D eigenvalue weighted by molar-refractivity contribution is 0.299. The van der Waals surface area contributed by atoms with Crippen LogP contribution in [0.2, 0.25) is 0 Å². The van der Waals surface area contributed by atoms with Crippen molar-refractivity contribution in [2.24, 2.45) is 0 Å². The van der Waals surface area contributed by atoms with Crippen molar-refractivity contribution in [1.82, 2.24) is 10.2 Å². The van der Waals surface area contributed by atoms with Crippen LogP contribution in [0.4, 0.5) is 4.39 Å². The van der Waals surface area contributed by atoms with Gasteiger partial charge in [-0.25, -0.2) is 4.39 Å². The zero-order valence-electron chi connectivity index (χ0n) is 10.1. The van der Waals surface area contributed by atoms with Crippen molar-refractivity contribution < 1.29 is 9.50 Å². The van der Waals surface area contributed by atoms with Gasteiger partial charge in [0, 0.05) is 24.7 Å². The average molecular weight is 238 g/mol. The highest BCUT2D eigenvalue weighted by Crippen LogP contribution is 2.20. The molecule has 0 bridgehead atoms. The first kappa shape index (κ1) is 12.3. The number of halogens is 1. The van der Waals surface area contributed by atoms with E-state index in [2.05, 4.69) is 17.3 Å². The van der Waals surface area contributed by atoms with Crippen LogP contribution in [-0.4, -0.2) is 36.2 Å². The van der Waals surface area contributed by atoms with Crippen molar-refractivity contribution in [2.45, 2.75) is 25.4 Å². The third kappa shape index (κ3) is 2.96. The summed E-state index contributed by atoms with van der Waals surface area (Å²) in [6, 6.07) is 5.19. The SMILES string of the molecule is CN1CCCC1CNCc1cccc(F)c1O. The third-order valence-corrected chi connectivity index (χ3v) is 3.44. The van der Waals surface area contributed by atoms with E-state index in [1.807, 2.05) is 0 Å². The summed E-state index contributed by atoms with van der Waals surface area (Å²) < 4.78 is 13.1. The normalized spacial score (nSPS) is 20.9. The maximum Gasteiger partial charge on any atom is 0.165 e. The van der Waals surface area contributed by atoms with Crippen LogP contribution in [0.15, 0.2) is 18.2 Å². The Bertz CT molecular complexity index is 384. The van der Waals surface area contributed by atoms with Crippen LogP contribution in [0, 0.1) is 5.82 Å². The highest BCUT2D eigenvalue weighted by Gasteiger charge is 2.20. The minimum Gasteiger partial charge on any atom is -0.505 e. The second kappa shape index (κ2) is 5.47. The predicted octanol–water partition coefficient (Wildman–Crippen LogP) is 1.72. The van der Waals surface area contributed by atoms with E-state index in [-0.39, 0.29) is 5.75 Å². The largest absolute Gasteiger partial charge is 0.505 e. The molecule has 17 heavy (non-hydrogen) atoms. The van der Waals surface area contributed by atoms with Crippen LogP contribution in [0.3, 0.4) is 0 Å². The Kier molecular flexibility index (Phi) is 3.97. The van der Waals surface area contributed by atoms with Gasteiger partial charge in [-0.05, 0) is 32.5 Å². The van der Waals surface area contributed by atoms with Crippen LogP contribution in [0.1, 0.15) is 18.4 Å². The van der Waals surface area contributed by atoms with Gasteiger partial charge in [0.15, 0.2) is 11.6 Å². The summed E-state index contributed by atoms with van der Waals surface area (Å²) in [5.74, 6) is -0.790. The number of hydrogen-bond donors (Lipinski definition) is 2. The molecule has 2 rings (SSSR count). The van der Waals surface area contributed by atoms with Crippen molar-refractivity contribution in [1.29, 1.82) is 0 Å². The van der Waals surface area contributed by atoms with Crippen molar-refractivity contribution in [3.8, 4) is 5.75 Å². The molecule has 3 nitrogen and oxygen atoms in total. The van der Waals surface area contributed by atoms with E-state index < -0.39 is 5.82 Å². The Morgan fingerprint density at radius 1 is 1.53 bits per heavy atom. The number of nitrogens with one attached hydrogen (secondary N) is 1. The molecule has 0 aliphatic carbocycles. The van der Waals surface area contributed by atoms with E-state index in [0.717, 1.165) is 13.1 Å². The fourth-order valence-corrected chi connectivity index (χ4v) is 2.31. The van der Waals surface area contributed by atoms with E-state index in [9.17, 15) is 9.50 Å². The van der Waals surface area contributed by atoms with Crippen LogP contribution < -0.4 is 5.32 Å². The summed E-state index contributed by atoms with van der Waals surface area (Å²) in [5, 5.41) is 12.8. The van der Waals surface area contributed by atoms with Crippen molar-refractivity contribution in [3.63, 3.8) is 0 Å². The molecule has 0 aromatic heterocycles. The minimum absolute atomic E-state index is 0.236. The average Bonchev–Trinajstić information content (AvgIpc) is 2.71. The number of phenolic OH excluding ortho intramolecular Hbond substituents is 1. The van der Waals surface area contributed by atoms with Gasteiger partial charge in [0.1, 0.15) is 0 Å². The van der Waals surface area contributed by atoms with Gasteiger partial charge in [-0.2, -0.15) is 0 Å². The molecule has 0 amide bonds. The zero-order valence-corrected chi connectivity index (χ0v) is 10.1. The van der Waals surface area contributed by atoms with Crippen molar-refractivity contribution >= 4 is 0 Å². The van der Waals surface area contributed by atoms with Gasteiger partial charge in [-0.1, -0.05) is 12.1 Å². The van der Waals surface area contributed by atoms with Crippen molar-refractivity contribution in [3.05, 3.63) is 29.6 Å². The molecule has 2 N–H and O–H groups in total. The van der Waals surface area contributed by atoms with Crippen molar-refractivity contribution in [2.75, 3.05) is 20.1 Å². The number of para-hydroxylation sites is 1. The first-order valence-corrected chi connectivity index (χ1v) is 6.06. The number of benzene rings is 1. The molecule has 94 valence electrons. The number of likely N-dealkylation sites (tertiary alicyclic amines) is 1. The van der Waals surface area contributed by atoms with Gasteiger partial charge >= 0.3 is 0 Å². The summed E-state index contributed by atoms with van der Waals surface area (Å²) in [5.41, 5.74) is 0.616. The summed E-state index contributed by atoms with van der Waals surface area (Å²) >= 11 is 0. The molecular formula is C13H19FN2O. The molecule has 1 heterocycles. The highest BCUT2D eigenvalue weighted by atomic mass is 19.1. The van der Waals surface area contributed by atoms with E-state index in [1.165, 1.54) is 18.9 Å². The molecule has 1 aromatic rings. The monoisotopic (exact) mass is 238 g/mol. The van der Waals surface area contributed by atoms with Gasteiger partial charge < -0.3 is 15.3 Å². The summed E-state index contributed by atoms with van der Waals surface area (Å²) in [6.07, 6.45) is 2.45. The van der Waals surface area contributed by atoms with Gasteiger partial charge in [-0.3, -0.25) is 0 Å². The zero-order chi connectivity index (χ0) is 12.3. The Morgan fingerprint density at radius 3 is 3.06 bits per heavy atom. The fourth-order valence-electron chi connectivity index (χ4n) is 2.31. The van der Waals surface area contributed by atoms with Crippen LogP contribution >= 0.6 is 0 Å². The molecule has 4 heteroatoms. The second-order valence-corrected chi connectivity index (χ2v) is 4.66. The summed E-state index contributed by atoms with van der Waals surface area (Å²) in [7, 11) is 2.12. The Labute approximate surface area is 101 Å². The quantitative estimate of drug-likeness (QED) is 0.838. The molecule has 1 aliphatic rings. The molecule has 1 aliphatic heterocycles. The Balaban J connectivity index is 1.84. The maximum absolute atomic E-state index is 13.1. The standard InChI is InChI=1S/C13H19FN2O/c1-16-7-3-5-11(16)9-15-8-10-4-2-6-12(14)13(10)17/h2,4,6,11,15,17H,3,5,7-9H2,1H3. The number of rotatable bonds is 4. The molecule has 1 unspecified atom stereocenters. The molecule has 1 atom stereocenters. The van der Waals surface area contributed by atoms with Gasteiger partial charge in [-0.15, -0.1) is 0 Å². The molecule has 1 saturated heterocycles. The lowest BCUT2D eigenvalue weighted by atomic mass is 10.1. The molecule has 0 radical (unpaired) electrons. The maximum atomic E-state index is 13.1. The number of nitrogens with zero attached hydrogens (tertiary/aromatic N) is 1. The number of aromatic hydroxyl groups is 1. The number of likely N-dealkylation sites (N-methyl/N-ethyl adjacent to an activating group) is 1. The fraction of sp³-hybridized carbons (Fsp3) is 0.538. The molecule has 0 saturated carbocycles. The van der Waals surface area contributed by atoms with E-state index in [0.29, 0.717) is 18.2 Å². The second-order valence-electron chi connectivity index (χ2n) is 4.66. The summed E-state index contributed by atoms with van der Waals surface area (Å²) in [4.78, 5) is 2.33. The van der Waals surface area contributed by atoms with Crippen LogP contribution in [-0.2, 0) is 6.54 Å². The topological polar surface area (TPSA) is 35.5 Å². The predicted molar refractivity (Wildman–Crippen MR) is 65.4 cm³/mol. The molecule has 0 spiro atoms. The smallest absolute Gasteiger partial charge is 0.165 e. The Morgan fingerprint density at radius 2 is 2.35 bits per heavy atom. The molecule has 1 aromatic carbocycles. The van der Waals surface area contributed by atoms with Gasteiger partial charge in [0.2, 0.25) is 0 Å². The van der Waals surface area contributed by atoms with Crippen LogP contribution in [0.5, 0.6) is 5.75 Å². The van der Waals surface area contributed by atoms with Crippen LogP contribution in [0.25, 0.3) is 0 Å². The Hall–Kier alpha value is -1.13. The number of phenols is 1. The summed E-state index contributed by atoms with van der Waals surface area (Å²) in [6.45, 7) is 2.54.